The predicted molar refractivity (Wildman–Crippen MR) is 112 cm³/mol. The van der Waals surface area contributed by atoms with E-state index in [9.17, 15) is 29.8 Å². The summed E-state index contributed by atoms with van der Waals surface area (Å²) >= 11 is 0. The molecule has 2 N–H and O–H groups in total. The molecule has 0 aliphatic heterocycles. The maximum absolute atomic E-state index is 12.7. The molecule has 2 amide bonds. The lowest BCUT2D eigenvalue weighted by atomic mass is 9.81. The van der Waals surface area contributed by atoms with E-state index < -0.39 is 27.8 Å². The molecule has 0 saturated heterocycles. The number of carbonyl (C=O) groups is 2. The lowest BCUT2D eigenvalue weighted by Crippen LogP contribution is -2.48. The van der Waals surface area contributed by atoms with E-state index in [1.54, 1.807) is 0 Å². The van der Waals surface area contributed by atoms with Gasteiger partial charge in [0.05, 0.1) is 12.3 Å². The standard InChI is InChI=1S/C21H34N4O6/c1-13-4-2-3-5-19(13)23-20(26)14-6-8-16(9-7-14)22-21(27)15-10-17(24(28)29)12-18(11-15)25(30)31/h13-19H,2-12H2,1H3,(H,22,27)(H,23,26). The van der Waals surface area contributed by atoms with Gasteiger partial charge in [-0.1, -0.05) is 19.8 Å². The van der Waals surface area contributed by atoms with E-state index in [0.717, 1.165) is 19.3 Å². The van der Waals surface area contributed by atoms with Crippen molar-refractivity contribution in [1.29, 1.82) is 0 Å². The number of nitrogens with one attached hydrogen (secondary N) is 2. The second-order valence-electron chi connectivity index (χ2n) is 9.72. The summed E-state index contributed by atoms with van der Waals surface area (Å²) in [6, 6.07) is -1.94. The molecule has 4 atom stereocenters. The zero-order chi connectivity index (χ0) is 22.5. The molecule has 0 spiro atoms. The SMILES string of the molecule is CC1CCCCC1NC(=O)C1CCC(NC(=O)C2CC([N+](=O)[O-])CC([N+](=O)[O-])C2)CC1. The average Bonchev–Trinajstić information content (AvgIpc) is 2.75. The molecular formula is C21H34N4O6. The molecule has 3 saturated carbocycles. The van der Waals surface area contributed by atoms with Crippen molar-refractivity contribution < 1.29 is 19.4 Å². The van der Waals surface area contributed by atoms with E-state index in [4.69, 9.17) is 0 Å². The second kappa shape index (κ2) is 10.4. The zero-order valence-electron chi connectivity index (χ0n) is 18.2. The Kier molecular flexibility index (Phi) is 7.83. The molecule has 0 aromatic rings. The summed E-state index contributed by atoms with van der Waals surface area (Å²) in [5.74, 6) is -0.473. The number of carbonyl (C=O) groups excluding carboxylic acids is 2. The first-order valence-electron chi connectivity index (χ1n) is 11.6. The Morgan fingerprint density at radius 3 is 1.84 bits per heavy atom. The van der Waals surface area contributed by atoms with Crippen LogP contribution in [-0.4, -0.2) is 45.8 Å². The number of nitrogens with zero attached hydrogens (tertiary/aromatic N) is 2. The van der Waals surface area contributed by atoms with Crippen LogP contribution in [0.3, 0.4) is 0 Å². The van der Waals surface area contributed by atoms with Gasteiger partial charge in [-0.3, -0.25) is 29.8 Å². The summed E-state index contributed by atoms with van der Waals surface area (Å²) in [4.78, 5) is 46.6. The molecule has 10 heteroatoms. The Balaban J connectivity index is 1.46. The Bertz CT molecular complexity index is 671. The van der Waals surface area contributed by atoms with E-state index in [2.05, 4.69) is 17.6 Å². The van der Waals surface area contributed by atoms with Crippen LogP contribution in [0.5, 0.6) is 0 Å². The number of hydrogen-bond acceptors (Lipinski definition) is 6. The minimum absolute atomic E-state index is 0.0422. The minimum Gasteiger partial charge on any atom is -0.353 e. The summed E-state index contributed by atoms with van der Waals surface area (Å²) in [7, 11) is 0. The van der Waals surface area contributed by atoms with Crippen molar-refractivity contribution in [2.24, 2.45) is 17.8 Å². The second-order valence-corrected chi connectivity index (χ2v) is 9.72. The first kappa shape index (κ1) is 23.4. The van der Waals surface area contributed by atoms with Crippen molar-refractivity contribution in [3.63, 3.8) is 0 Å². The fourth-order valence-electron chi connectivity index (χ4n) is 5.47. The molecule has 3 aliphatic rings. The van der Waals surface area contributed by atoms with Crippen LogP contribution in [-0.2, 0) is 9.59 Å². The van der Waals surface area contributed by atoms with E-state index in [-0.39, 0.29) is 49.1 Å². The molecule has 0 heterocycles. The number of nitro groups is 2. The highest BCUT2D eigenvalue weighted by molar-refractivity contribution is 5.80. The van der Waals surface area contributed by atoms with Crippen LogP contribution in [0.1, 0.15) is 77.6 Å². The van der Waals surface area contributed by atoms with Gasteiger partial charge in [-0.2, -0.15) is 0 Å². The van der Waals surface area contributed by atoms with Gasteiger partial charge in [0.2, 0.25) is 23.9 Å². The minimum atomic E-state index is -1.05. The molecule has 3 fully saturated rings. The summed E-state index contributed by atoms with van der Waals surface area (Å²) in [6.45, 7) is 2.19. The van der Waals surface area contributed by atoms with E-state index in [1.807, 2.05) is 0 Å². The zero-order valence-corrected chi connectivity index (χ0v) is 18.2. The van der Waals surface area contributed by atoms with Gasteiger partial charge in [-0.05, 0) is 44.4 Å². The molecule has 174 valence electrons. The quantitative estimate of drug-likeness (QED) is 0.481. The first-order chi connectivity index (χ1) is 14.7. The van der Waals surface area contributed by atoms with Gasteiger partial charge in [0.25, 0.3) is 0 Å². The number of amides is 2. The van der Waals surface area contributed by atoms with Gasteiger partial charge in [-0.25, -0.2) is 0 Å². The molecule has 3 aliphatic carbocycles. The third-order valence-corrected chi connectivity index (χ3v) is 7.51. The highest BCUT2D eigenvalue weighted by Gasteiger charge is 2.44. The van der Waals surface area contributed by atoms with Crippen LogP contribution in [0.4, 0.5) is 0 Å². The van der Waals surface area contributed by atoms with Crippen LogP contribution in [0.15, 0.2) is 0 Å². The summed E-state index contributed by atoms with van der Waals surface area (Å²) < 4.78 is 0. The van der Waals surface area contributed by atoms with E-state index >= 15 is 0 Å². The van der Waals surface area contributed by atoms with Crippen LogP contribution in [0.2, 0.25) is 0 Å². The number of rotatable bonds is 6. The van der Waals surface area contributed by atoms with E-state index in [1.165, 1.54) is 6.42 Å². The summed E-state index contributed by atoms with van der Waals surface area (Å²) in [5, 5.41) is 28.5. The lowest BCUT2D eigenvalue weighted by Gasteiger charge is -2.34. The van der Waals surface area contributed by atoms with Crippen LogP contribution in [0.25, 0.3) is 0 Å². The Morgan fingerprint density at radius 2 is 1.29 bits per heavy atom. The van der Waals surface area contributed by atoms with Crippen molar-refractivity contribution in [1.82, 2.24) is 10.6 Å². The Morgan fingerprint density at radius 1 is 0.742 bits per heavy atom. The lowest BCUT2D eigenvalue weighted by molar-refractivity contribution is -0.569. The monoisotopic (exact) mass is 438 g/mol. The molecule has 4 unspecified atom stereocenters. The van der Waals surface area contributed by atoms with Gasteiger partial charge in [-0.15, -0.1) is 0 Å². The van der Waals surface area contributed by atoms with Crippen molar-refractivity contribution in [3.8, 4) is 0 Å². The van der Waals surface area contributed by atoms with Crippen molar-refractivity contribution in [2.75, 3.05) is 0 Å². The van der Waals surface area contributed by atoms with E-state index in [0.29, 0.717) is 31.6 Å². The summed E-state index contributed by atoms with van der Waals surface area (Å²) in [6.07, 6.45) is 7.27. The molecule has 0 aromatic carbocycles. The van der Waals surface area contributed by atoms with Crippen molar-refractivity contribution in [2.45, 2.75) is 102 Å². The largest absolute Gasteiger partial charge is 0.353 e. The highest BCUT2D eigenvalue weighted by Crippen LogP contribution is 2.30. The number of hydrogen-bond donors (Lipinski definition) is 2. The highest BCUT2D eigenvalue weighted by atomic mass is 16.6. The third kappa shape index (κ3) is 6.13. The molecule has 3 rings (SSSR count). The third-order valence-electron chi connectivity index (χ3n) is 7.51. The Hall–Kier alpha value is -2.26. The Labute approximate surface area is 182 Å². The predicted octanol–water partition coefficient (Wildman–Crippen LogP) is 2.45. The van der Waals surface area contributed by atoms with Crippen LogP contribution < -0.4 is 10.6 Å². The first-order valence-corrected chi connectivity index (χ1v) is 11.6. The normalized spacial score (nSPS) is 36.2. The molecule has 0 bridgehead atoms. The molecule has 31 heavy (non-hydrogen) atoms. The van der Waals surface area contributed by atoms with Crippen LogP contribution in [0, 0.1) is 38.0 Å². The molecule has 10 nitrogen and oxygen atoms in total. The fraction of sp³-hybridized carbons (Fsp3) is 0.905. The molecule has 0 radical (unpaired) electrons. The maximum atomic E-state index is 12.7. The average molecular weight is 439 g/mol. The van der Waals surface area contributed by atoms with Gasteiger partial charge in [0.1, 0.15) is 0 Å². The summed E-state index contributed by atoms with van der Waals surface area (Å²) in [5.41, 5.74) is 0. The maximum Gasteiger partial charge on any atom is 0.223 e. The van der Waals surface area contributed by atoms with Crippen LogP contribution >= 0.6 is 0 Å². The van der Waals surface area contributed by atoms with Gasteiger partial charge in [0, 0.05) is 40.7 Å². The molecular weight excluding hydrogens is 404 g/mol. The fourth-order valence-corrected chi connectivity index (χ4v) is 5.47. The van der Waals surface area contributed by atoms with Gasteiger partial charge in [0.15, 0.2) is 0 Å². The smallest absolute Gasteiger partial charge is 0.223 e. The van der Waals surface area contributed by atoms with Gasteiger partial charge < -0.3 is 10.6 Å². The van der Waals surface area contributed by atoms with Gasteiger partial charge >= 0.3 is 0 Å². The topological polar surface area (TPSA) is 144 Å². The van der Waals surface area contributed by atoms with Crippen molar-refractivity contribution in [3.05, 3.63) is 20.2 Å². The van der Waals surface area contributed by atoms with Crippen molar-refractivity contribution >= 4 is 11.8 Å². The molecule has 0 aromatic heterocycles.